The van der Waals surface area contributed by atoms with Crippen molar-refractivity contribution in [2.75, 3.05) is 10.6 Å². The summed E-state index contributed by atoms with van der Waals surface area (Å²) in [6.07, 6.45) is 2.76. The Morgan fingerprint density at radius 2 is 1.85 bits per heavy atom. The van der Waals surface area contributed by atoms with Crippen molar-refractivity contribution in [1.29, 1.82) is 5.26 Å². The predicted octanol–water partition coefficient (Wildman–Crippen LogP) is 3.55. The van der Waals surface area contributed by atoms with Crippen LogP contribution in [0.5, 0.6) is 0 Å². The molecule has 0 unspecified atom stereocenters. The first-order valence-electron chi connectivity index (χ1n) is 8.07. The Kier molecular flexibility index (Phi) is 5.19. The van der Waals surface area contributed by atoms with Crippen LogP contribution in [0.25, 0.3) is 0 Å². The number of nitrogens with zero attached hydrogens (tertiary/aromatic N) is 3. The van der Waals surface area contributed by atoms with E-state index in [9.17, 15) is 9.59 Å². The zero-order valence-electron chi connectivity index (χ0n) is 14.4. The van der Waals surface area contributed by atoms with E-state index in [1.165, 1.54) is 19.3 Å². The summed E-state index contributed by atoms with van der Waals surface area (Å²) < 4.78 is 0. The summed E-state index contributed by atoms with van der Waals surface area (Å²) in [5, 5.41) is 14.8. The number of para-hydroxylation sites is 1. The zero-order valence-corrected chi connectivity index (χ0v) is 14.4. The van der Waals surface area contributed by atoms with Gasteiger partial charge in [0.1, 0.15) is 17.6 Å². The van der Waals surface area contributed by atoms with Gasteiger partial charge in [-0.2, -0.15) is 5.26 Å². The van der Waals surface area contributed by atoms with Crippen LogP contribution >= 0.6 is 0 Å². The minimum atomic E-state index is -0.463. The first-order chi connectivity index (χ1) is 13.1. The normalized spacial score (nSPS) is 9.93. The largest absolute Gasteiger partial charge is 0.339 e. The number of benzene rings is 2. The van der Waals surface area contributed by atoms with Crippen molar-refractivity contribution in [3.05, 3.63) is 77.7 Å². The van der Waals surface area contributed by atoms with E-state index in [-0.39, 0.29) is 11.5 Å². The maximum Gasteiger partial charge on any atom is 0.275 e. The van der Waals surface area contributed by atoms with Crippen molar-refractivity contribution in [3.8, 4) is 6.07 Å². The lowest BCUT2D eigenvalue weighted by Crippen LogP contribution is -2.15. The van der Waals surface area contributed by atoms with Crippen LogP contribution in [0.3, 0.4) is 0 Å². The van der Waals surface area contributed by atoms with E-state index in [4.69, 9.17) is 5.26 Å². The molecule has 0 saturated carbocycles. The van der Waals surface area contributed by atoms with Crippen molar-refractivity contribution >= 4 is 28.9 Å². The summed E-state index contributed by atoms with van der Waals surface area (Å²) in [5.74, 6) is -0.0607. The monoisotopic (exact) mass is 357 g/mol. The van der Waals surface area contributed by atoms with Gasteiger partial charge in [-0.15, -0.1) is 0 Å². The van der Waals surface area contributed by atoms with E-state index in [0.29, 0.717) is 28.3 Å². The maximum atomic E-state index is 12.3. The van der Waals surface area contributed by atoms with Gasteiger partial charge in [0.25, 0.3) is 5.91 Å². The summed E-state index contributed by atoms with van der Waals surface area (Å²) in [6.45, 7) is 1.50. The quantitative estimate of drug-likeness (QED) is 0.676. The fourth-order valence-corrected chi connectivity index (χ4v) is 2.35. The molecule has 3 aromatic rings. The lowest BCUT2D eigenvalue weighted by molar-refractivity contribution is 0.101. The van der Waals surface area contributed by atoms with Crippen LogP contribution in [0.4, 0.5) is 17.2 Å². The van der Waals surface area contributed by atoms with Crippen LogP contribution in [-0.4, -0.2) is 21.7 Å². The molecule has 1 aromatic heterocycles. The molecule has 0 saturated heterocycles. The highest BCUT2D eigenvalue weighted by Crippen LogP contribution is 2.17. The number of ketones is 1. The highest BCUT2D eigenvalue weighted by molar-refractivity contribution is 6.03. The molecule has 0 bridgehead atoms. The molecular formula is C20H15N5O2. The van der Waals surface area contributed by atoms with Crippen LogP contribution in [0.1, 0.15) is 33.3 Å². The first-order valence-corrected chi connectivity index (χ1v) is 8.07. The summed E-state index contributed by atoms with van der Waals surface area (Å²) >= 11 is 0. The minimum absolute atomic E-state index is 0.0330. The van der Waals surface area contributed by atoms with Crippen LogP contribution in [-0.2, 0) is 0 Å². The molecule has 0 aliphatic heterocycles. The molecular weight excluding hydrogens is 342 g/mol. The van der Waals surface area contributed by atoms with E-state index in [2.05, 4.69) is 20.6 Å². The number of amides is 1. The fraction of sp³-hybridized carbons (Fsp3) is 0.0500. The van der Waals surface area contributed by atoms with Gasteiger partial charge < -0.3 is 10.6 Å². The van der Waals surface area contributed by atoms with E-state index in [0.717, 1.165) is 0 Å². The molecule has 7 nitrogen and oxygen atoms in total. The Bertz CT molecular complexity index is 1040. The fourth-order valence-electron chi connectivity index (χ4n) is 2.35. The highest BCUT2D eigenvalue weighted by atomic mass is 16.2. The lowest BCUT2D eigenvalue weighted by Gasteiger charge is -2.08. The number of nitriles is 1. The number of Topliss-reactive ketones (excluding diaryl/α,β-unsaturated/α-hetero) is 1. The third kappa shape index (κ3) is 4.32. The average Bonchev–Trinajstić information content (AvgIpc) is 2.69. The Morgan fingerprint density at radius 3 is 2.56 bits per heavy atom. The van der Waals surface area contributed by atoms with Gasteiger partial charge in [-0.3, -0.25) is 9.59 Å². The molecule has 0 aliphatic rings. The SMILES string of the molecule is CC(=O)c1cccc(Nc2cnc(C(=O)Nc3ccccc3C#N)cn2)c1. The predicted molar refractivity (Wildman–Crippen MR) is 101 cm³/mol. The second-order valence-corrected chi connectivity index (χ2v) is 5.66. The number of anilines is 3. The Labute approximate surface area is 155 Å². The summed E-state index contributed by atoms with van der Waals surface area (Å²) in [4.78, 5) is 32.0. The van der Waals surface area contributed by atoms with Gasteiger partial charge in [-0.1, -0.05) is 24.3 Å². The number of nitrogens with one attached hydrogen (secondary N) is 2. The number of carbonyl (C=O) groups is 2. The molecule has 7 heteroatoms. The third-order valence-electron chi connectivity index (χ3n) is 3.72. The number of rotatable bonds is 5. The summed E-state index contributed by atoms with van der Waals surface area (Å²) in [7, 11) is 0. The molecule has 0 atom stereocenters. The topological polar surface area (TPSA) is 108 Å². The second-order valence-electron chi connectivity index (χ2n) is 5.66. The standard InChI is InChI=1S/C20H15N5O2/c1-13(26)14-6-4-7-16(9-14)24-19-12-22-18(11-23-19)20(27)25-17-8-3-2-5-15(17)10-21/h2-9,11-12H,1H3,(H,23,24)(H,25,27). The number of aromatic nitrogens is 2. The molecule has 0 spiro atoms. The molecule has 2 aromatic carbocycles. The first kappa shape index (κ1) is 17.8. The molecule has 1 amide bonds. The Morgan fingerprint density at radius 1 is 1.04 bits per heavy atom. The summed E-state index contributed by atoms with van der Waals surface area (Å²) in [6, 6.07) is 15.7. The third-order valence-corrected chi connectivity index (χ3v) is 3.72. The molecule has 132 valence electrons. The zero-order chi connectivity index (χ0) is 19.2. The molecule has 0 fully saturated rings. The molecule has 1 heterocycles. The van der Waals surface area contributed by atoms with Crippen LogP contribution < -0.4 is 10.6 Å². The lowest BCUT2D eigenvalue weighted by atomic mass is 10.1. The average molecular weight is 357 g/mol. The highest BCUT2D eigenvalue weighted by Gasteiger charge is 2.11. The van der Waals surface area contributed by atoms with E-state index < -0.39 is 5.91 Å². The van der Waals surface area contributed by atoms with Crippen molar-refractivity contribution in [2.45, 2.75) is 6.92 Å². The van der Waals surface area contributed by atoms with E-state index >= 15 is 0 Å². The molecule has 27 heavy (non-hydrogen) atoms. The molecule has 0 radical (unpaired) electrons. The van der Waals surface area contributed by atoms with Crippen LogP contribution in [0.15, 0.2) is 60.9 Å². The van der Waals surface area contributed by atoms with Gasteiger partial charge in [-0.05, 0) is 31.2 Å². The van der Waals surface area contributed by atoms with Crippen molar-refractivity contribution in [1.82, 2.24) is 9.97 Å². The van der Waals surface area contributed by atoms with Crippen molar-refractivity contribution in [2.24, 2.45) is 0 Å². The van der Waals surface area contributed by atoms with Crippen molar-refractivity contribution in [3.63, 3.8) is 0 Å². The van der Waals surface area contributed by atoms with Gasteiger partial charge >= 0.3 is 0 Å². The number of hydrogen-bond acceptors (Lipinski definition) is 6. The Balaban J connectivity index is 1.71. The second kappa shape index (κ2) is 7.89. The van der Waals surface area contributed by atoms with Crippen molar-refractivity contribution < 1.29 is 9.59 Å². The van der Waals surface area contributed by atoms with Gasteiger partial charge in [0.15, 0.2) is 5.78 Å². The van der Waals surface area contributed by atoms with E-state index in [1.54, 1.807) is 48.5 Å². The van der Waals surface area contributed by atoms with Crippen LogP contribution in [0.2, 0.25) is 0 Å². The number of carbonyl (C=O) groups excluding carboxylic acids is 2. The number of hydrogen-bond donors (Lipinski definition) is 2. The Hall–Kier alpha value is -4.05. The van der Waals surface area contributed by atoms with Gasteiger partial charge in [-0.25, -0.2) is 9.97 Å². The van der Waals surface area contributed by atoms with Gasteiger partial charge in [0.2, 0.25) is 0 Å². The molecule has 2 N–H and O–H groups in total. The van der Waals surface area contributed by atoms with E-state index in [1.807, 2.05) is 6.07 Å². The van der Waals surface area contributed by atoms with Gasteiger partial charge in [0, 0.05) is 11.3 Å². The van der Waals surface area contributed by atoms with Gasteiger partial charge in [0.05, 0.1) is 23.6 Å². The minimum Gasteiger partial charge on any atom is -0.339 e. The smallest absolute Gasteiger partial charge is 0.275 e. The molecule has 3 rings (SSSR count). The maximum absolute atomic E-state index is 12.3. The summed E-state index contributed by atoms with van der Waals surface area (Å²) in [5.41, 5.74) is 2.17. The molecule has 0 aliphatic carbocycles. The van der Waals surface area contributed by atoms with Crippen LogP contribution in [0, 0.1) is 11.3 Å².